The average Bonchev–Trinajstić information content (AvgIpc) is 3.10. The fraction of sp³-hybridized carbons (Fsp3) is 0.182. The Hall–Kier alpha value is -3.54. The van der Waals surface area contributed by atoms with E-state index in [1.165, 1.54) is 7.11 Å². The van der Waals surface area contributed by atoms with E-state index in [-0.39, 0.29) is 12.5 Å². The Morgan fingerprint density at radius 3 is 2.50 bits per heavy atom. The number of ether oxygens (including phenoxy) is 3. The van der Waals surface area contributed by atoms with E-state index in [0.717, 1.165) is 33.2 Å². The van der Waals surface area contributed by atoms with Gasteiger partial charge in [-0.2, -0.15) is 0 Å². The zero-order valence-corrected chi connectivity index (χ0v) is 15.6. The maximum Gasteiger partial charge on any atom is 0.343 e. The summed E-state index contributed by atoms with van der Waals surface area (Å²) in [6, 6.07) is 15.2. The lowest BCUT2D eigenvalue weighted by atomic mass is 9.90. The van der Waals surface area contributed by atoms with E-state index in [1.807, 2.05) is 42.5 Å². The third-order valence-corrected chi connectivity index (χ3v) is 4.85. The summed E-state index contributed by atoms with van der Waals surface area (Å²) in [7, 11) is 2.94. The molecule has 0 unspecified atom stereocenters. The molecule has 0 radical (unpaired) electrons. The molecule has 0 fully saturated rings. The van der Waals surface area contributed by atoms with E-state index >= 15 is 0 Å². The van der Waals surface area contributed by atoms with Gasteiger partial charge in [0, 0.05) is 12.1 Å². The molecule has 6 nitrogen and oxygen atoms in total. The van der Waals surface area contributed by atoms with Crippen molar-refractivity contribution in [3.63, 3.8) is 0 Å². The molecular weight excluding hydrogens is 358 g/mol. The average molecular weight is 377 g/mol. The Bertz CT molecular complexity index is 1070. The molecule has 1 N–H and O–H groups in total. The molecule has 4 rings (SSSR count). The van der Waals surface area contributed by atoms with Crippen LogP contribution in [0.25, 0.3) is 21.9 Å². The van der Waals surface area contributed by atoms with Crippen LogP contribution in [0.4, 0.5) is 0 Å². The van der Waals surface area contributed by atoms with Crippen molar-refractivity contribution in [2.45, 2.75) is 6.54 Å². The number of methoxy groups -OCH3 is 2. The van der Waals surface area contributed by atoms with Gasteiger partial charge in [-0.25, -0.2) is 4.79 Å². The van der Waals surface area contributed by atoms with E-state index in [1.54, 1.807) is 13.2 Å². The number of fused-ring (bicyclic) bond motifs is 2. The molecule has 1 heterocycles. The molecule has 0 atom stereocenters. The van der Waals surface area contributed by atoms with Crippen LogP contribution in [0.3, 0.4) is 0 Å². The van der Waals surface area contributed by atoms with Gasteiger partial charge in [0.15, 0.2) is 6.61 Å². The molecule has 0 aliphatic carbocycles. The molecule has 142 valence electrons. The summed E-state index contributed by atoms with van der Waals surface area (Å²) in [5.74, 6) is 0.804. The Morgan fingerprint density at radius 2 is 1.79 bits per heavy atom. The lowest BCUT2D eigenvalue weighted by Crippen LogP contribution is -2.12. The van der Waals surface area contributed by atoms with Gasteiger partial charge < -0.3 is 19.5 Å². The maximum absolute atomic E-state index is 12.3. The number of hydrogen-bond donors (Lipinski definition) is 1. The summed E-state index contributed by atoms with van der Waals surface area (Å²) in [5.41, 5.74) is 3.58. The largest absolute Gasteiger partial charge is 0.497 e. The highest BCUT2D eigenvalue weighted by molar-refractivity contribution is 6.09. The smallest absolute Gasteiger partial charge is 0.343 e. The van der Waals surface area contributed by atoms with Crippen LogP contribution in [0, 0.1) is 0 Å². The predicted molar refractivity (Wildman–Crippen MR) is 105 cm³/mol. The van der Waals surface area contributed by atoms with Crippen molar-refractivity contribution in [2.75, 3.05) is 20.8 Å². The number of hydrogen-bond acceptors (Lipinski definition) is 5. The second-order valence-corrected chi connectivity index (χ2v) is 6.44. The third kappa shape index (κ3) is 3.13. The molecule has 28 heavy (non-hydrogen) atoms. The zero-order valence-electron chi connectivity index (χ0n) is 15.6. The van der Waals surface area contributed by atoms with Crippen molar-refractivity contribution in [1.29, 1.82) is 0 Å². The normalized spacial score (nSPS) is 12.4. The number of amides is 1. The second kappa shape index (κ2) is 7.23. The van der Waals surface area contributed by atoms with Crippen LogP contribution in [0.15, 0.2) is 48.5 Å². The minimum atomic E-state index is -0.445. The Labute approximate surface area is 162 Å². The van der Waals surface area contributed by atoms with E-state index in [4.69, 9.17) is 9.47 Å². The van der Waals surface area contributed by atoms with Crippen LogP contribution in [0.5, 0.6) is 11.5 Å². The summed E-state index contributed by atoms with van der Waals surface area (Å²) in [4.78, 5) is 23.6. The monoisotopic (exact) mass is 377 g/mol. The van der Waals surface area contributed by atoms with E-state index in [2.05, 4.69) is 10.1 Å². The number of carbonyl (C=O) groups excluding carboxylic acids is 2. The van der Waals surface area contributed by atoms with Crippen molar-refractivity contribution in [2.24, 2.45) is 0 Å². The number of carbonyl (C=O) groups is 2. The Morgan fingerprint density at radius 1 is 1.04 bits per heavy atom. The highest BCUT2D eigenvalue weighted by atomic mass is 16.6. The van der Waals surface area contributed by atoms with E-state index in [9.17, 15) is 9.59 Å². The first-order valence-electron chi connectivity index (χ1n) is 8.82. The van der Waals surface area contributed by atoms with E-state index < -0.39 is 5.97 Å². The molecular formula is C22H19NO5. The standard InChI is InChI=1S/C22H19NO5/c1-26-15-6-3-13(4-7-15)21-17-10-16(28-12-20(24)27-2)8-5-14(17)9-18-19(21)11-23-22(18)25/h3-10H,11-12H2,1-2H3,(H,23,25). The molecule has 1 aliphatic heterocycles. The molecule has 3 aromatic rings. The predicted octanol–water partition coefficient (Wildman–Crippen LogP) is 3.31. The van der Waals surface area contributed by atoms with Gasteiger partial charge in [0.25, 0.3) is 5.91 Å². The summed E-state index contributed by atoms with van der Waals surface area (Å²) in [6.07, 6.45) is 0. The van der Waals surface area contributed by atoms with Crippen molar-refractivity contribution in [3.8, 4) is 22.6 Å². The number of rotatable bonds is 5. The first kappa shape index (κ1) is 17.9. The van der Waals surface area contributed by atoms with Crippen molar-refractivity contribution < 1.29 is 23.8 Å². The van der Waals surface area contributed by atoms with Crippen molar-refractivity contribution in [1.82, 2.24) is 5.32 Å². The molecule has 1 amide bonds. The molecule has 6 heteroatoms. The minimum Gasteiger partial charge on any atom is -0.497 e. The van der Waals surface area contributed by atoms with E-state index in [0.29, 0.717) is 17.9 Å². The van der Waals surface area contributed by atoms with Gasteiger partial charge >= 0.3 is 5.97 Å². The molecule has 0 aromatic heterocycles. The first-order valence-corrected chi connectivity index (χ1v) is 8.82. The summed E-state index contributed by atoms with van der Waals surface area (Å²) >= 11 is 0. The fourth-order valence-electron chi connectivity index (χ4n) is 3.45. The van der Waals surface area contributed by atoms with Crippen LogP contribution in [-0.2, 0) is 16.1 Å². The first-order chi connectivity index (χ1) is 13.6. The zero-order chi connectivity index (χ0) is 19.7. The SMILES string of the molecule is COC(=O)COc1ccc2cc3c(c(-c4ccc(OC)cc4)c2c1)CNC3=O. The van der Waals surface area contributed by atoms with Crippen LogP contribution in [0.2, 0.25) is 0 Å². The number of esters is 1. The van der Waals surface area contributed by atoms with Gasteiger partial charge in [0.1, 0.15) is 11.5 Å². The van der Waals surface area contributed by atoms with Gasteiger partial charge in [-0.15, -0.1) is 0 Å². The van der Waals surface area contributed by atoms with Crippen LogP contribution >= 0.6 is 0 Å². The fourth-order valence-corrected chi connectivity index (χ4v) is 3.45. The lowest BCUT2D eigenvalue weighted by molar-refractivity contribution is -0.142. The minimum absolute atomic E-state index is 0.0716. The summed E-state index contributed by atoms with van der Waals surface area (Å²) in [5, 5.41) is 4.77. The van der Waals surface area contributed by atoms with Crippen LogP contribution < -0.4 is 14.8 Å². The quantitative estimate of drug-likeness (QED) is 0.691. The number of nitrogens with one attached hydrogen (secondary N) is 1. The van der Waals surface area contributed by atoms with Crippen molar-refractivity contribution in [3.05, 3.63) is 59.7 Å². The van der Waals surface area contributed by atoms with Gasteiger partial charge in [-0.05, 0) is 57.8 Å². The Kier molecular flexibility index (Phi) is 4.61. The van der Waals surface area contributed by atoms with Crippen molar-refractivity contribution >= 4 is 22.6 Å². The van der Waals surface area contributed by atoms with Gasteiger partial charge in [-0.3, -0.25) is 4.79 Å². The highest BCUT2D eigenvalue weighted by Gasteiger charge is 2.25. The van der Waals surface area contributed by atoms with Gasteiger partial charge in [0.05, 0.1) is 14.2 Å². The molecule has 1 aliphatic rings. The summed E-state index contributed by atoms with van der Waals surface area (Å²) in [6.45, 7) is 0.309. The molecule has 0 spiro atoms. The van der Waals surface area contributed by atoms with Crippen LogP contribution in [0.1, 0.15) is 15.9 Å². The molecule has 0 saturated carbocycles. The second-order valence-electron chi connectivity index (χ2n) is 6.44. The highest BCUT2D eigenvalue weighted by Crippen LogP contribution is 2.38. The molecule has 0 bridgehead atoms. The summed E-state index contributed by atoms with van der Waals surface area (Å²) < 4.78 is 15.4. The maximum atomic E-state index is 12.3. The van der Waals surface area contributed by atoms with Gasteiger partial charge in [-0.1, -0.05) is 18.2 Å². The number of benzene rings is 3. The third-order valence-electron chi connectivity index (χ3n) is 4.85. The van der Waals surface area contributed by atoms with Crippen LogP contribution in [-0.4, -0.2) is 32.7 Å². The Balaban J connectivity index is 1.88. The lowest BCUT2D eigenvalue weighted by Gasteiger charge is -2.14. The van der Waals surface area contributed by atoms with Gasteiger partial charge in [0.2, 0.25) is 0 Å². The molecule has 0 saturated heterocycles. The topological polar surface area (TPSA) is 73.9 Å². The molecule has 3 aromatic carbocycles.